The number of unbranched alkanes of at least 4 members (excludes halogenated alkanes) is 4. The molecule has 0 bridgehead atoms. The van der Waals surface area contributed by atoms with Crippen molar-refractivity contribution in [3.05, 3.63) is 90.0 Å². The Balaban J connectivity index is 1.44. The van der Waals surface area contributed by atoms with Crippen molar-refractivity contribution in [3.8, 4) is 16.9 Å². The van der Waals surface area contributed by atoms with Crippen LogP contribution in [-0.4, -0.2) is 18.4 Å². The molecular weight excluding hydrogens is 400 g/mol. The smallest absolute Gasteiger partial charge is 0.269 e. The van der Waals surface area contributed by atoms with E-state index in [0.29, 0.717) is 17.7 Å². The number of hydrogen-bond acceptors (Lipinski definition) is 3. The molecule has 3 aromatic carbocycles. The van der Waals surface area contributed by atoms with Gasteiger partial charge >= 0.3 is 0 Å². The van der Waals surface area contributed by atoms with Gasteiger partial charge in [-0.1, -0.05) is 75.1 Å². The maximum atomic E-state index is 12.3. The lowest BCUT2D eigenvalue weighted by molar-refractivity contribution is 0.0846. The molecule has 3 rings (SSSR count). The van der Waals surface area contributed by atoms with E-state index in [9.17, 15) is 9.59 Å². The standard InChI is InChI=1S/C27H30N2O3/c1-2-3-4-5-9-20-32-25-18-16-24(17-19-25)27(31)29-28-26(30)23-14-12-22(13-15-23)21-10-7-6-8-11-21/h6-8,10-19H,2-5,9,20H2,1H3,(H,28,30)(H,29,31). The number of hydrogen-bond donors (Lipinski definition) is 2. The molecule has 5 nitrogen and oxygen atoms in total. The van der Waals surface area contributed by atoms with Gasteiger partial charge in [-0.2, -0.15) is 0 Å². The third-order valence-corrected chi connectivity index (χ3v) is 5.18. The minimum Gasteiger partial charge on any atom is -0.494 e. The maximum Gasteiger partial charge on any atom is 0.269 e. The summed E-state index contributed by atoms with van der Waals surface area (Å²) in [6.07, 6.45) is 5.93. The zero-order valence-corrected chi connectivity index (χ0v) is 18.5. The molecule has 0 saturated heterocycles. The average molecular weight is 431 g/mol. The first-order valence-corrected chi connectivity index (χ1v) is 11.2. The first kappa shape index (κ1) is 23.1. The summed E-state index contributed by atoms with van der Waals surface area (Å²) < 4.78 is 5.72. The normalized spacial score (nSPS) is 10.4. The highest BCUT2D eigenvalue weighted by atomic mass is 16.5. The van der Waals surface area contributed by atoms with Crippen LogP contribution in [0.5, 0.6) is 5.75 Å². The average Bonchev–Trinajstić information content (AvgIpc) is 2.85. The summed E-state index contributed by atoms with van der Waals surface area (Å²) in [6, 6.07) is 24.1. The summed E-state index contributed by atoms with van der Waals surface area (Å²) in [5.41, 5.74) is 7.93. The van der Waals surface area contributed by atoms with Gasteiger partial charge in [-0.25, -0.2) is 0 Å². The number of hydrazine groups is 1. The van der Waals surface area contributed by atoms with Crippen LogP contribution in [0.2, 0.25) is 0 Å². The van der Waals surface area contributed by atoms with Crippen LogP contribution >= 0.6 is 0 Å². The fourth-order valence-electron chi connectivity index (χ4n) is 3.30. The van der Waals surface area contributed by atoms with Gasteiger partial charge < -0.3 is 4.74 Å². The molecule has 2 amide bonds. The van der Waals surface area contributed by atoms with Crippen molar-refractivity contribution in [2.45, 2.75) is 39.0 Å². The van der Waals surface area contributed by atoms with Crippen LogP contribution in [0.15, 0.2) is 78.9 Å². The Labute approximate surface area is 189 Å². The Hall–Kier alpha value is -3.60. The van der Waals surface area contributed by atoms with Crippen molar-refractivity contribution in [1.82, 2.24) is 10.9 Å². The number of carbonyl (C=O) groups excluding carboxylic acids is 2. The third kappa shape index (κ3) is 6.98. The van der Waals surface area contributed by atoms with Crippen LogP contribution in [0.1, 0.15) is 59.7 Å². The molecule has 166 valence electrons. The summed E-state index contributed by atoms with van der Waals surface area (Å²) >= 11 is 0. The number of nitrogens with one attached hydrogen (secondary N) is 2. The van der Waals surface area contributed by atoms with Gasteiger partial charge in [0.05, 0.1) is 6.61 Å². The van der Waals surface area contributed by atoms with Crippen molar-refractivity contribution >= 4 is 11.8 Å². The summed E-state index contributed by atoms with van der Waals surface area (Å²) in [5.74, 6) is -0.0223. The molecule has 0 unspecified atom stereocenters. The van der Waals surface area contributed by atoms with Gasteiger partial charge in [0.1, 0.15) is 5.75 Å². The molecule has 0 radical (unpaired) electrons. The molecule has 0 aliphatic carbocycles. The highest BCUT2D eigenvalue weighted by Gasteiger charge is 2.10. The fraction of sp³-hybridized carbons (Fsp3) is 0.259. The Bertz CT molecular complexity index is 984. The Morgan fingerprint density at radius 1 is 0.656 bits per heavy atom. The molecule has 0 atom stereocenters. The molecule has 0 aromatic heterocycles. The van der Waals surface area contributed by atoms with Gasteiger partial charge in [0.25, 0.3) is 11.8 Å². The Morgan fingerprint density at radius 2 is 1.19 bits per heavy atom. The van der Waals surface area contributed by atoms with Gasteiger partial charge in [0.2, 0.25) is 0 Å². The first-order valence-electron chi connectivity index (χ1n) is 11.2. The number of carbonyl (C=O) groups is 2. The molecular formula is C27H30N2O3. The van der Waals surface area contributed by atoms with E-state index in [1.165, 1.54) is 25.7 Å². The van der Waals surface area contributed by atoms with Gasteiger partial charge in [-0.05, 0) is 53.9 Å². The minimum absolute atomic E-state index is 0.374. The molecule has 0 fully saturated rings. The molecule has 0 aliphatic heterocycles. The molecule has 5 heteroatoms. The van der Waals surface area contributed by atoms with Crippen LogP contribution in [0, 0.1) is 0 Å². The second-order valence-corrected chi connectivity index (χ2v) is 7.64. The van der Waals surface area contributed by atoms with Crippen molar-refractivity contribution < 1.29 is 14.3 Å². The van der Waals surface area contributed by atoms with Crippen LogP contribution < -0.4 is 15.6 Å². The largest absolute Gasteiger partial charge is 0.494 e. The number of rotatable bonds is 10. The van der Waals surface area contributed by atoms with E-state index in [-0.39, 0.29) is 11.8 Å². The number of ether oxygens (including phenoxy) is 1. The van der Waals surface area contributed by atoms with Crippen molar-refractivity contribution in [2.24, 2.45) is 0 Å². The molecule has 0 aliphatic rings. The van der Waals surface area contributed by atoms with Gasteiger partial charge in [-0.3, -0.25) is 20.4 Å². The van der Waals surface area contributed by atoms with Crippen LogP contribution in [-0.2, 0) is 0 Å². The predicted octanol–water partition coefficient (Wildman–Crippen LogP) is 5.78. The van der Waals surface area contributed by atoms with E-state index < -0.39 is 0 Å². The molecule has 2 N–H and O–H groups in total. The van der Waals surface area contributed by atoms with Crippen LogP contribution in [0.4, 0.5) is 0 Å². The van der Waals surface area contributed by atoms with Gasteiger partial charge in [0.15, 0.2) is 0 Å². The lowest BCUT2D eigenvalue weighted by Gasteiger charge is -2.09. The third-order valence-electron chi connectivity index (χ3n) is 5.18. The second kappa shape index (κ2) is 12.3. The highest BCUT2D eigenvalue weighted by molar-refractivity contribution is 5.99. The molecule has 0 heterocycles. The minimum atomic E-state index is -0.384. The lowest BCUT2D eigenvalue weighted by Crippen LogP contribution is -2.41. The quantitative estimate of drug-likeness (QED) is 0.317. The van der Waals surface area contributed by atoms with Crippen LogP contribution in [0.3, 0.4) is 0 Å². The van der Waals surface area contributed by atoms with Crippen molar-refractivity contribution in [2.75, 3.05) is 6.61 Å². The zero-order valence-electron chi connectivity index (χ0n) is 18.5. The zero-order chi connectivity index (χ0) is 22.6. The Kier molecular flexibility index (Phi) is 8.87. The van der Waals surface area contributed by atoms with Gasteiger partial charge in [0, 0.05) is 11.1 Å². The monoisotopic (exact) mass is 430 g/mol. The summed E-state index contributed by atoms with van der Waals surface area (Å²) in [6.45, 7) is 2.87. The Morgan fingerprint density at radius 3 is 1.78 bits per heavy atom. The van der Waals surface area contributed by atoms with E-state index in [4.69, 9.17) is 4.74 Å². The molecule has 0 spiro atoms. The van der Waals surface area contributed by atoms with Crippen LogP contribution in [0.25, 0.3) is 11.1 Å². The summed E-state index contributed by atoms with van der Waals surface area (Å²) in [4.78, 5) is 24.7. The maximum absolute atomic E-state index is 12.3. The van der Waals surface area contributed by atoms with E-state index >= 15 is 0 Å². The van der Waals surface area contributed by atoms with E-state index in [1.807, 2.05) is 42.5 Å². The lowest BCUT2D eigenvalue weighted by atomic mass is 10.0. The first-order chi connectivity index (χ1) is 15.7. The van der Waals surface area contributed by atoms with E-state index in [2.05, 4.69) is 17.8 Å². The SMILES string of the molecule is CCCCCCCOc1ccc(C(=O)NNC(=O)c2ccc(-c3ccccc3)cc2)cc1. The van der Waals surface area contributed by atoms with Gasteiger partial charge in [-0.15, -0.1) is 0 Å². The number of amides is 2. The molecule has 32 heavy (non-hydrogen) atoms. The summed E-state index contributed by atoms with van der Waals surface area (Å²) in [7, 11) is 0. The predicted molar refractivity (Wildman–Crippen MR) is 128 cm³/mol. The van der Waals surface area contributed by atoms with E-state index in [0.717, 1.165) is 23.3 Å². The van der Waals surface area contributed by atoms with Crippen molar-refractivity contribution in [3.63, 3.8) is 0 Å². The van der Waals surface area contributed by atoms with E-state index in [1.54, 1.807) is 36.4 Å². The second-order valence-electron chi connectivity index (χ2n) is 7.64. The summed E-state index contributed by atoms with van der Waals surface area (Å²) in [5, 5.41) is 0. The number of benzene rings is 3. The fourth-order valence-corrected chi connectivity index (χ4v) is 3.30. The molecule has 0 saturated carbocycles. The van der Waals surface area contributed by atoms with Crippen molar-refractivity contribution in [1.29, 1.82) is 0 Å². The topological polar surface area (TPSA) is 67.4 Å². The highest BCUT2D eigenvalue weighted by Crippen LogP contribution is 2.19. The molecule has 3 aromatic rings.